The zero-order valence-corrected chi connectivity index (χ0v) is 21.2. The van der Waals surface area contributed by atoms with Gasteiger partial charge in [-0.05, 0) is 34.9 Å². The Hall–Kier alpha value is -3.33. The number of rotatable bonds is 6. The van der Waals surface area contributed by atoms with Gasteiger partial charge in [-0.2, -0.15) is 0 Å². The van der Waals surface area contributed by atoms with Crippen LogP contribution < -0.4 is 15.3 Å². The number of benzene rings is 3. The van der Waals surface area contributed by atoms with Crippen LogP contribution in [0.15, 0.2) is 109 Å². The average Bonchev–Trinajstić information content (AvgIpc) is 2.83. The molecule has 0 atom stereocenters. The maximum atomic E-state index is 9.97. The second-order valence-electron chi connectivity index (χ2n) is 6.19. The molecule has 6 nitrogen and oxygen atoms in total. The van der Waals surface area contributed by atoms with Crippen LogP contribution in [0, 0.1) is 41.7 Å². The summed E-state index contributed by atoms with van der Waals surface area (Å²) >= 11 is 0. The van der Waals surface area contributed by atoms with Crippen LogP contribution in [-0.4, -0.2) is 17.9 Å². The number of carbonyl (C=O) groups is 3. The molecule has 0 unspecified atom stereocenters. The molecule has 0 saturated heterocycles. The Morgan fingerprint density at radius 1 is 0.441 bits per heavy atom. The van der Waals surface area contributed by atoms with Crippen molar-refractivity contribution in [3.8, 4) is 0 Å². The summed E-state index contributed by atoms with van der Waals surface area (Å²) in [6.07, 6.45) is 7.51. The first-order valence-electron chi connectivity index (χ1n) is 9.69. The zero-order valence-electron chi connectivity index (χ0n) is 18.1. The molecular formula is C27H21CeO6. The van der Waals surface area contributed by atoms with Crippen LogP contribution in [-0.2, 0) is 14.4 Å². The summed E-state index contributed by atoms with van der Waals surface area (Å²) < 4.78 is 0. The smallest absolute Gasteiger partial charge is 0.545 e. The molecule has 34 heavy (non-hydrogen) atoms. The molecule has 0 spiro atoms. The number of carbonyl (C=O) groups excluding carboxylic acids is 3. The van der Waals surface area contributed by atoms with Crippen molar-refractivity contribution < 1.29 is 71.5 Å². The van der Waals surface area contributed by atoms with E-state index in [-0.39, 0.29) is 41.7 Å². The van der Waals surface area contributed by atoms with Gasteiger partial charge in [0.15, 0.2) is 0 Å². The second kappa shape index (κ2) is 19.2. The summed E-state index contributed by atoms with van der Waals surface area (Å²) in [5.41, 5.74) is 2.57. The SMILES string of the molecule is O=C([O-])C=Cc1ccccc1.O=C([O-])C=Cc1ccccc1.O=C([O-])C=Cc1ccccc1.[Ce+3]. The Labute approximate surface area is 232 Å². The average molecular weight is 582 g/mol. The summed E-state index contributed by atoms with van der Waals surface area (Å²) in [5.74, 6) is -3.52. The van der Waals surface area contributed by atoms with Crippen molar-refractivity contribution in [1.82, 2.24) is 0 Å². The third-order valence-electron chi connectivity index (χ3n) is 3.63. The van der Waals surface area contributed by atoms with Gasteiger partial charge in [0.05, 0.1) is 17.9 Å². The van der Waals surface area contributed by atoms with Crippen molar-refractivity contribution >= 4 is 36.1 Å². The van der Waals surface area contributed by atoms with E-state index < -0.39 is 17.9 Å². The van der Waals surface area contributed by atoms with E-state index in [4.69, 9.17) is 0 Å². The van der Waals surface area contributed by atoms with Crippen LogP contribution in [0.25, 0.3) is 18.2 Å². The Kier molecular flexibility index (Phi) is 17.3. The minimum Gasteiger partial charge on any atom is -0.545 e. The molecule has 0 aliphatic heterocycles. The van der Waals surface area contributed by atoms with Gasteiger partial charge in [-0.25, -0.2) is 0 Å². The summed E-state index contributed by atoms with van der Waals surface area (Å²) in [7, 11) is 0. The maximum Gasteiger partial charge on any atom is 3.00 e. The van der Waals surface area contributed by atoms with E-state index in [1.165, 1.54) is 18.2 Å². The largest absolute Gasteiger partial charge is 3.00 e. The van der Waals surface area contributed by atoms with Crippen LogP contribution in [0.5, 0.6) is 0 Å². The minimum atomic E-state index is -1.17. The van der Waals surface area contributed by atoms with Crippen LogP contribution in [0.3, 0.4) is 0 Å². The molecule has 3 aromatic rings. The molecular weight excluding hydrogens is 560 g/mol. The van der Waals surface area contributed by atoms with Crippen LogP contribution in [0.4, 0.5) is 0 Å². The van der Waals surface area contributed by atoms with Gasteiger partial charge in [-0.15, -0.1) is 0 Å². The fourth-order valence-corrected chi connectivity index (χ4v) is 2.19. The molecule has 3 rings (SSSR count). The van der Waals surface area contributed by atoms with Crippen LogP contribution in [0.1, 0.15) is 16.7 Å². The Bertz CT molecular complexity index is 934. The van der Waals surface area contributed by atoms with E-state index in [2.05, 4.69) is 0 Å². The monoisotopic (exact) mass is 581 g/mol. The Morgan fingerprint density at radius 3 is 0.824 bits per heavy atom. The standard InChI is InChI=1S/3C9H8O2.Ce/c3*10-9(11)7-6-8-4-2-1-3-5-8;/h3*1-7H,(H,10,11);/q;;;+3/p-3. The topological polar surface area (TPSA) is 120 Å². The number of aliphatic carboxylic acids is 3. The molecule has 0 aromatic heterocycles. The molecule has 0 aliphatic carbocycles. The summed E-state index contributed by atoms with van der Waals surface area (Å²) in [4.78, 5) is 29.9. The fourth-order valence-electron chi connectivity index (χ4n) is 2.19. The van der Waals surface area contributed by atoms with Gasteiger partial charge < -0.3 is 29.7 Å². The van der Waals surface area contributed by atoms with Crippen molar-refractivity contribution in [1.29, 1.82) is 0 Å². The van der Waals surface area contributed by atoms with Gasteiger partial charge in [0.1, 0.15) is 0 Å². The zero-order chi connectivity index (χ0) is 24.3. The van der Waals surface area contributed by atoms with Crippen molar-refractivity contribution in [3.63, 3.8) is 0 Å². The molecule has 0 saturated carbocycles. The predicted molar refractivity (Wildman–Crippen MR) is 121 cm³/mol. The maximum absolute atomic E-state index is 9.97. The molecule has 0 bridgehead atoms. The van der Waals surface area contributed by atoms with Crippen molar-refractivity contribution in [2.75, 3.05) is 0 Å². The van der Waals surface area contributed by atoms with Crippen LogP contribution in [0.2, 0.25) is 0 Å². The molecule has 169 valence electrons. The molecule has 3 aromatic carbocycles. The first-order chi connectivity index (χ1) is 15.9. The molecule has 0 N–H and O–H groups in total. The van der Waals surface area contributed by atoms with Gasteiger partial charge in [0.25, 0.3) is 0 Å². The predicted octanol–water partition coefficient (Wildman–Crippen LogP) is 1.35. The number of carboxylic acid groups (broad SMARTS) is 3. The summed E-state index contributed by atoms with van der Waals surface area (Å²) in [6, 6.07) is 27.6. The van der Waals surface area contributed by atoms with Crippen molar-refractivity contribution in [2.24, 2.45) is 0 Å². The summed E-state index contributed by atoms with van der Waals surface area (Å²) in [6.45, 7) is 0. The van der Waals surface area contributed by atoms with E-state index in [1.807, 2.05) is 91.0 Å². The van der Waals surface area contributed by atoms with E-state index in [0.717, 1.165) is 34.9 Å². The fraction of sp³-hybridized carbons (Fsp3) is 0. The minimum absolute atomic E-state index is 0. The van der Waals surface area contributed by atoms with E-state index in [1.54, 1.807) is 0 Å². The number of carboxylic acids is 3. The molecule has 0 heterocycles. The van der Waals surface area contributed by atoms with Gasteiger partial charge in [-0.1, -0.05) is 109 Å². The van der Waals surface area contributed by atoms with Crippen molar-refractivity contribution in [2.45, 2.75) is 0 Å². The Balaban J connectivity index is 0.000000473. The molecule has 0 aliphatic rings. The van der Waals surface area contributed by atoms with Gasteiger partial charge in [0, 0.05) is 0 Å². The first-order valence-corrected chi connectivity index (χ1v) is 9.69. The van der Waals surface area contributed by atoms with Crippen LogP contribution >= 0.6 is 0 Å². The first kappa shape index (κ1) is 30.7. The second-order valence-corrected chi connectivity index (χ2v) is 6.19. The summed E-state index contributed by atoms with van der Waals surface area (Å²) in [5, 5.41) is 29.9. The third-order valence-corrected chi connectivity index (χ3v) is 3.63. The van der Waals surface area contributed by atoms with Gasteiger partial charge >= 0.3 is 41.7 Å². The molecule has 0 fully saturated rings. The van der Waals surface area contributed by atoms with Gasteiger partial charge in [-0.3, -0.25) is 0 Å². The molecule has 7 heteroatoms. The molecule has 0 amide bonds. The quantitative estimate of drug-likeness (QED) is 0.406. The van der Waals surface area contributed by atoms with E-state index >= 15 is 0 Å². The number of hydrogen-bond donors (Lipinski definition) is 0. The van der Waals surface area contributed by atoms with Gasteiger partial charge in [0.2, 0.25) is 0 Å². The Morgan fingerprint density at radius 2 is 0.647 bits per heavy atom. The third kappa shape index (κ3) is 17.2. The van der Waals surface area contributed by atoms with E-state index in [9.17, 15) is 29.7 Å². The normalized spacial score (nSPS) is 9.88. The number of hydrogen-bond acceptors (Lipinski definition) is 6. The van der Waals surface area contributed by atoms with E-state index in [0.29, 0.717) is 0 Å². The van der Waals surface area contributed by atoms with Crippen molar-refractivity contribution in [3.05, 3.63) is 126 Å². The molecule has 1 radical (unpaired) electrons.